The van der Waals surface area contributed by atoms with Crippen LogP contribution in [-0.4, -0.2) is 35.1 Å². The topological polar surface area (TPSA) is 49.4 Å². The lowest BCUT2D eigenvalue weighted by Crippen LogP contribution is -2.46. The van der Waals surface area contributed by atoms with E-state index in [9.17, 15) is 9.59 Å². The fourth-order valence-corrected chi connectivity index (χ4v) is 4.80. The van der Waals surface area contributed by atoms with E-state index in [1.807, 2.05) is 54.6 Å². The first-order chi connectivity index (χ1) is 11.8. The summed E-state index contributed by atoms with van der Waals surface area (Å²) in [6, 6.07) is 17.3. The third kappa shape index (κ3) is 2.59. The molecule has 2 unspecified atom stereocenters. The monoisotopic (exact) mass is 338 g/mol. The molecule has 0 spiro atoms. The summed E-state index contributed by atoms with van der Waals surface area (Å²) in [5, 5.41) is 2.97. The number of rotatable bonds is 4. The van der Waals surface area contributed by atoms with Gasteiger partial charge in [0.25, 0.3) is 5.91 Å². The molecule has 0 radical (unpaired) electrons. The highest BCUT2D eigenvalue weighted by molar-refractivity contribution is 7.99. The quantitative estimate of drug-likeness (QED) is 0.932. The molecule has 5 heteroatoms. The molecule has 0 bridgehead atoms. The SMILES string of the molecule is O=C(NCCc1ccccc1)C1CSC2c3ccccc3C(=O)N12. The van der Waals surface area contributed by atoms with Crippen LogP contribution in [0.1, 0.15) is 26.9 Å². The van der Waals surface area contributed by atoms with Crippen LogP contribution < -0.4 is 5.32 Å². The minimum Gasteiger partial charge on any atom is -0.354 e. The lowest BCUT2D eigenvalue weighted by atomic mass is 10.1. The number of carbonyl (C=O) groups is 2. The number of benzene rings is 2. The Morgan fingerprint density at radius 3 is 2.71 bits per heavy atom. The first-order valence-electron chi connectivity index (χ1n) is 8.10. The molecule has 2 heterocycles. The molecule has 2 aliphatic rings. The van der Waals surface area contributed by atoms with E-state index < -0.39 is 0 Å². The summed E-state index contributed by atoms with van der Waals surface area (Å²) in [4.78, 5) is 26.9. The molecule has 122 valence electrons. The van der Waals surface area contributed by atoms with Crippen molar-refractivity contribution >= 4 is 23.6 Å². The maximum absolute atomic E-state index is 12.6. The number of hydrogen-bond donors (Lipinski definition) is 1. The summed E-state index contributed by atoms with van der Waals surface area (Å²) in [7, 11) is 0. The van der Waals surface area contributed by atoms with Gasteiger partial charge >= 0.3 is 0 Å². The van der Waals surface area contributed by atoms with Crippen molar-refractivity contribution in [3.63, 3.8) is 0 Å². The van der Waals surface area contributed by atoms with Crippen LogP contribution in [0.2, 0.25) is 0 Å². The van der Waals surface area contributed by atoms with Gasteiger partial charge in [-0.1, -0.05) is 48.5 Å². The molecule has 1 saturated heterocycles. The van der Waals surface area contributed by atoms with Gasteiger partial charge in [-0.3, -0.25) is 9.59 Å². The normalized spacial score (nSPS) is 21.5. The van der Waals surface area contributed by atoms with Gasteiger partial charge in [-0.25, -0.2) is 0 Å². The Morgan fingerprint density at radius 2 is 1.88 bits per heavy atom. The Hall–Kier alpha value is -2.27. The molecule has 24 heavy (non-hydrogen) atoms. The maximum Gasteiger partial charge on any atom is 0.256 e. The molecule has 4 nitrogen and oxygen atoms in total. The molecule has 0 aliphatic carbocycles. The van der Waals surface area contributed by atoms with E-state index in [0.717, 1.165) is 17.5 Å². The lowest BCUT2D eigenvalue weighted by Gasteiger charge is -2.22. The molecule has 1 fully saturated rings. The molecule has 0 saturated carbocycles. The van der Waals surface area contributed by atoms with Crippen molar-refractivity contribution in [3.8, 4) is 0 Å². The van der Waals surface area contributed by atoms with Gasteiger partial charge in [0.2, 0.25) is 5.91 Å². The number of amides is 2. The Bertz CT molecular complexity index is 778. The predicted molar refractivity (Wildman–Crippen MR) is 94.8 cm³/mol. The van der Waals surface area contributed by atoms with E-state index >= 15 is 0 Å². The first-order valence-corrected chi connectivity index (χ1v) is 9.15. The Labute approximate surface area is 145 Å². The summed E-state index contributed by atoms with van der Waals surface area (Å²) in [6.07, 6.45) is 0.796. The standard InChI is InChI=1S/C19H18N2O2S/c22-17(20-11-10-13-6-2-1-3-7-13)16-12-24-19-15-9-5-4-8-14(15)18(23)21(16)19/h1-9,16,19H,10-12H2,(H,20,22). The highest BCUT2D eigenvalue weighted by atomic mass is 32.2. The Morgan fingerprint density at radius 1 is 1.12 bits per heavy atom. The molecule has 0 aromatic heterocycles. The van der Waals surface area contributed by atoms with Crippen LogP contribution in [0.3, 0.4) is 0 Å². The second kappa shape index (κ2) is 6.32. The van der Waals surface area contributed by atoms with Crippen LogP contribution in [0.25, 0.3) is 0 Å². The second-order valence-corrected chi connectivity index (χ2v) is 7.14. The molecule has 2 amide bonds. The average Bonchev–Trinajstić information content (AvgIpc) is 3.17. The van der Waals surface area contributed by atoms with Gasteiger partial charge in [0.1, 0.15) is 11.4 Å². The Kier molecular flexibility index (Phi) is 4.02. The summed E-state index contributed by atoms with van der Waals surface area (Å²) < 4.78 is 0. The van der Waals surface area contributed by atoms with Crippen molar-refractivity contribution in [2.24, 2.45) is 0 Å². The van der Waals surface area contributed by atoms with E-state index in [1.165, 1.54) is 5.56 Å². The van der Waals surface area contributed by atoms with Gasteiger partial charge in [0, 0.05) is 17.9 Å². The second-order valence-electron chi connectivity index (χ2n) is 6.03. The molecule has 2 aromatic rings. The first kappa shape index (κ1) is 15.3. The van der Waals surface area contributed by atoms with Gasteiger partial charge in [-0.15, -0.1) is 11.8 Å². The summed E-state index contributed by atoms with van der Waals surface area (Å²) in [5.74, 6) is 0.577. The maximum atomic E-state index is 12.6. The van der Waals surface area contributed by atoms with Crippen LogP contribution in [-0.2, 0) is 11.2 Å². The molecular formula is C19H18N2O2S. The average molecular weight is 338 g/mol. The minimum atomic E-state index is -0.379. The fraction of sp³-hybridized carbons (Fsp3) is 0.263. The summed E-state index contributed by atoms with van der Waals surface area (Å²) in [5.41, 5.74) is 2.96. The highest BCUT2D eigenvalue weighted by Crippen LogP contribution is 2.47. The molecule has 1 N–H and O–H groups in total. The molecule has 2 aliphatic heterocycles. The van der Waals surface area contributed by atoms with Crippen LogP contribution in [0.4, 0.5) is 0 Å². The van der Waals surface area contributed by atoms with Gasteiger partial charge < -0.3 is 10.2 Å². The summed E-state index contributed by atoms with van der Waals surface area (Å²) in [6.45, 7) is 0.587. The highest BCUT2D eigenvalue weighted by Gasteiger charge is 2.48. The molecular weight excluding hydrogens is 320 g/mol. The number of fused-ring (bicyclic) bond motifs is 3. The number of thioether (sulfide) groups is 1. The molecule has 4 rings (SSSR count). The van der Waals surface area contributed by atoms with Crippen molar-refractivity contribution < 1.29 is 9.59 Å². The molecule has 2 aromatic carbocycles. The van der Waals surface area contributed by atoms with Gasteiger partial charge in [0.15, 0.2) is 0 Å². The zero-order chi connectivity index (χ0) is 16.5. The number of nitrogens with one attached hydrogen (secondary N) is 1. The van der Waals surface area contributed by atoms with Crippen molar-refractivity contribution in [3.05, 3.63) is 71.3 Å². The Balaban J connectivity index is 1.41. The predicted octanol–water partition coefficient (Wildman–Crippen LogP) is 2.62. The van der Waals surface area contributed by atoms with E-state index in [1.54, 1.807) is 16.7 Å². The van der Waals surface area contributed by atoms with Gasteiger partial charge in [-0.05, 0) is 23.6 Å². The minimum absolute atomic E-state index is 0.0152. The van der Waals surface area contributed by atoms with Crippen molar-refractivity contribution in [2.75, 3.05) is 12.3 Å². The largest absolute Gasteiger partial charge is 0.354 e. The third-order valence-electron chi connectivity index (χ3n) is 4.55. The third-order valence-corrected chi connectivity index (χ3v) is 5.86. The number of nitrogens with zero attached hydrogens (tertiary/aromatic N) is 1. The number of hydrogen-bond acceptors (Lipinski definition) is 3. The van der Waals surface area contributed by atoms with Crippen LogP contribution >= 0.6 is 11.8 Å². The smallest absolute Gasteiger partial charge is 0.256 e. The van der Waals surface area contributed by atoms with E-state index in [2.05, 4.69) is 5.32 Å². The number of carbonyl (C=O) groups excluding carboxylic acids is 2. The van der Waals surface area contributed by atoms with Crippen molar-refractivity contribution in [2.45, 2.75) is 17.8 Å². The van der Waals surface area contributed by atoms with Crippen LogP contribution in [0.15, 0.2) is 54.6 Å². The van der Waals surface area contributed by atoms with Crippen molar-refractivity contribution in [1.29, 1.82) is 0 Å². The van der Waals surface area contributed by atoms with Crippen LogP contribution in [0.5, 0.6) is 0 Å². The molecule has 2 atom stereocenters. The van der Waals surface area contributed by atoms with E-state index in [4.69, 9.17) is 0 Å². The summed E-state index contributed by atoms with van der Waals surface area (Å²) >= 11 is 1.67. The zero-order valence-electron chi connectivity index (χ0n) is 13.1. The van der Waals surface area contributed by atoms with Gasteiger partial charge in [-0.2, -0.15) is 0 Å². The van der Waals surface area contributed by atoms with Crippen molar-refractivity contribution in [1.82, 2.24) is 10.2 Å². The van der Waals surface area contributed by atoms with E-state index in [-0.39, 0.29) is 23.2 Å². The fourth-order valence-electron chi connectivity index (χ4n) is 3.33. The van der Waals surface area contributed by atoms with Gasteiger partial charge in [0.05, 0.1) is 0 Å². The van der Waals surface area contributed by atoms with E-state index in [0.29, 0.717) is 12.3 Å². The lowest BCUT2D eigenvalue weighted by molar-refractivity contribution is -0.124. The zero-order valence-corrected chi connectivity index (χ0v) is 14.0. The van der Waals surface area contributed by atoms with Crippen LogP contribution in [0, 0.1) is 0 Å².